The average molecular weight is 295 g/mol. The van der Waals surface area contributed by atoms with Gasteiger partial charge in [-0.2, -0.15) is 11.8 Å². The van der Waals surface area contributed by atoms with Crippen LogP contribution in [-0.2, 0) is 0 Å². The van der Waals surface area contributed by atoms with Gasteiger partial charge in [-0.3, -0.25) is 14.9 Å². The molecular formula is C13H17N3O3S. The predicted molar refractivity (Wildman–Crippen MR) is 80.2 cm³/mol. The highest BCUT2D eigenvalue weighted by molar-refractivity contribution is 7.99. The Kier molecular flexibility index (Phi) is 4.84. The number of anilines is 1. The van der Waals surface area contributed by atoms with Crippen LogP contribution in [0.4, 0.5) is 11.4 Å². The molecule has 0 aliphatic carbocycles. The number of rotatable bonds is 5. The van der Waals surface area contributed by atoms with Gasteiger partial charge >= 0.3 is 0 Å². The van der Waals surface area contributed by atoms with Gasteiger partial charge in [-0.15, -0.1) is 0 Å². The number of primary amides is 1. The molecular weight excluding hydrogens is 278 g/mol. The van der Waals surface area contributed by atoms with Gasteiger partial charge < -0.3 is 11.1 Å². The maximum atomic E-state index is 11.1. The molecule has 1 aromatic rings. The minimum Gasteiger partial charge on any atom is -0.378 e. The zero-order chi connectivity index (χ0) is 14.5. The molecule has 108 valence electrons. The van der Waals surface area contributed by atoms with Gasteiger partial charge in [0.2, 0.25) is 5.91 Å². The largest absolute Gasteiger partial charge is 0.378 e. The van der Waals surface area contributed by atoms with E-state index < -0.39 is 10.8 Å². The van der Waals surface area contributed by atoms with E-state index in [1.54, 1.807) is 6.07 Å². The zero-order valence-corrected chi connectivity index (χ0v) is 11.8. The molecule has 1 aliphatic heterocycles. The van der Waals surface area contributed by atoms with Crippen LogP contribution in [0.5, 0.6) is 0 Å². The first kappa shape index (κ1) is 14.6. The molecule has 1 heterocycles. The van der Waals surface area contributed by atoms with Crippen LogP contribution >= 0.6 is 11.8 Å². The molecule has 1 atom stereocenters. The number of benzene rings is 1. The van der Waals surface area contributed by atoms with Gasteiger partial charge in [0.1, 0.15) is 5.69 Å². The number of hydrogen-bond donors (Lipinski definition) is 2. The first-order valence-corrected chi connectivity index (χ1v) is 7.56. The highest BCUT2D eigenvalue weighted by atomic mass is 32.2. The number of nitrogens with one attached hydrogen (secondary N) is 1. The maximum absolute atomic E-state index is 11.1. The molecule has 1 aromatic carbocycles. The number of nitrogens with zero attached hydrogens (tertiary/aromatic N) is 1. The Morgan fingerprint density at radius 3 is 2.90 bits per heavy atom. The Hall–Kier alpha value is -1.76. The van der Waals surface area contributed by atoms with Crippen molar-refractivity contribution in [3.63, 3.8) is 0 Å². The minimum absolute atomic E-state index is 0.109. The van der Waals surface area contributed by atoms with Gasteiger partial charge in [0.05, 0.1) is 4.92 Å². The van der Waals surface area contributed by atoms with Gasteiger partial charge in [-0.1, -0.05) is 6.42 Å². The molecule has 1 unspecified atom stereocenters. The van der Waals surface area contributed by atoms with Crippen molar-refractivity contribution in [2.24, 2.45) is 5.73 Å². The lowest BCUT2D eigenvalue weighted by atomic mass is 10.1. The van der Waals surface area contributed by atoms with E-state index in [9.17, 15) is 14.9 Å². The van der Waals surface area contributed by atoms with E-state index in [1.165, 1.54) is 25.0 Å². The topological polar surface area (TPSA) is 98.3 Å². The quantitative estimate of drug-likeness (QED) is 0.642. The van der Waals surface area contributed by atoms with Crippen molar-refractivity contribution in [2.75, 3.05) is 17.6 Å². The lowest BCUT2D eigenvalue weighted by Crippen LogP contribution is -2.20. The van der Waals surface area contributed by atoms with Gasteiger partial charge in [-0.05, 0) is 30.7 Å². The number of nitro benzene ring substituents is 1. The molecule has 1 aliphatic rings. The fraction of sp³-hybridized carbons (Fsp3) is 0.462. The Labute approximate surface area is 121 Å². The Morgan fingerprint density at radius 1 is 1.50 bits per heavy atom. The fourth-order valence-corrected chi connectivity index (χ4v) is 3.42. The zero-order valence-electron chi connectivity index (χ0n) is 11.0. The monoisotopic (exact) mass is 295 g/mol. The third-order valence-corrected chi connectivity index (χ3v) is 4.67. The molecule has 0 radical (unpaired) electrons. The average Bonchev–Trinajstić information content (AvgIpc) is 2.45. The third-order valence-electron chi connectivity index (χ3n) is 3.27. The minimum atomic E-state index is -0.664. The van der Waals surface area contributed by atoms with E-state index in [4.69, 9.17) is 5.73 Å². The number of nitrogens with two attached hydrogens (primary N) is 1. The first-order valence-electron chi connectivity index (χ1n) is 6.51. The van der Waals surface area contributed by atoms with E-state index >= 15 is 0 Å². The summed E-state index contributed by atoms with van der Waals surface area (Å²) in [5.41, 5.74) is 5.61. The molecule has 7 heteroatoms. The van der Waals surface area contributed by atoms with Crippen molar-refractivity contribution in [1.82, 2.24) is 0 Å². The van der Waals surface area contributed by atoms with Crippen LogP contribution in [0, 0.1) is 10.1 Å². The van der Waals surface area contributed by atoms with Gasteiger partial charge in [0, 0.05) is 23.4 Å². The van der Waals surface area contributed by atoms with Crippen LogP contribution in [0.2, 0.25) is 0 Å². The van der Waals surface area contributed by atoms with Crippen LogP contribution in [0.25, 0.3) is 0 Å². The van der Waals surface area contributed by atoms with Crippen molar-refractivity contribution in [1.29, 1.82) is 0 Å². The molecule has 0 saturated carbocycles. The second-order valence-corrected chi connectivity index (χ2v) is 6.13. The highest BCUT2D eigenvalue weighted by Gasteiger charge is 2.19. The van der Waals surface area contributed by atoms with Crippen molar-refractivity contribution in [2.45, 2.75) is 24.5 Å². The summed E-state index contributed by atoms with van der Waals surface area (Å²) >= 11 is 1.90. The predicted octanol–water partition coefficient (Wildman–Crippen LogP) is 2.39. The fourth-order valence-electron chi connectivity index (χ4n) is 2.18. The highest BCUT2D eigenvalue weighted by Crippen LogP contribution is 2.28. The van der Waals surface area contributed by atoms with Crippen LogP contribution < -0.4 is 11.1 Å². The molecule has 20 heavy (non-hydrogen) atoms. The number of amides is 1. The number of nitro groups is 1. The van der Waals surface area contributed by atoms with Crippen LogP contribution in [0.3, 0.4) is 0 Å². The van der Waals surface area contributed by atoms with Gasteiger partial charge in [-0.25, -0.2) is 0 Å². The number of carbonyl (C=O) groups excluding carboxylic acids is 1. The normalized spacial score (nSPS) is 18.5. The smallest absolute Gasteiger partial charge is 0.293 e. The summed E-state index contributed by atoms with van der Waals surface area (Å²) in [7, 11) is 0. The van der Waals surface area contributed by atoms with Gasteiger partial charge in [0.25, 0.3) is 5.69 Å². The Bertz CT molecular complexity index is 516. The summed E-state index contributed by atoms with van der Waals surface area (Å²) in [5, 5.41) is 14.7. The SMILES string of the molecule is NC(=O)c1ccc(NCC2CCCCS2)c([N+](=O)[O-])c1. The summed E-state index contributed by atoms with van der Waals surface area (Å²) in [4.78, 5) is 21.6. The standard InChI is InChI=1S/C13H17N3O3S/c14-13(17)9-4-5-11(12(7-9)16(18)19)15-8-10-3-1-2-6-20-10/h4-5,7,10,15H,1-3,6,8H2,(H2,14,17). The molecule has 6 nitrogen and oxygen atoms in total. The van der Waals surface area contributed by atoms with E-state index in [0.717, 1.165) is 12.2 Å². The van der Waals surface area contributed by atoms with E-state index in [1.807, 2.05) is 11.8 Å². The molecule has 3 N–H and O–H groups in total. The Morgan fingerprint density at radius 2 is 2.30 bits per heavy atom. The second-order valence-electron chi connectivity index (χ2n) is 4.72. The second kappa shape index (κ2) is 6.60. The van der Waals surface area contributed by atoms with Crippen molar-refractivity contribution in [3.8, 4) is 0 Å². The molecule has 0 aromatic heterocycles. The number of thioether (sulfide) groups is 1. The van der Waals surface area contributed by atoms with E-state index in [0.29, 0.717) is 17.5 Å². The summed E-state index contributed by atoms with van der Waals surface area (Å²) in [6.07, 6.45) is 3.58. The van der Waals surface area contributed by atoms with E-state index in [2.05, 4.69) is 5.32 Å². The summed E-state index contributed by atoms with van der Waals surface area (Å²) < 4.78 is 0. The van der Waals surface area contributed by atoms with Crippen LogP contribution in [-0.4, -0.2) is 28.4 Å². The first-order chi connectivity index (χ1) is 9.58. The number of carbonyl (C=O) groups is 1. The summed E-state index contributed by atoms with van der Waals surface area (Å²) in [6, 6.07) is 4.27. The summed E-state index contributed by atoms with van der Waals surface area (Å²) in [6.45, 7) is 0.696. The molecule has 1 saturated heterocycles. The van der Waals surface area contributed by atoms with Crippen LogP contribution in [0.15, 0.2) is 18.2 Å². The summed E-state index contributed by atoms with van der Waals surface area (Å²) in [5.74, 6) is 0.484. The molecule has 2 rings (SSSR count). The molecule has 1 fully saturated rings. The molecule has 0 bridgehead atoms. The van der Waals surface area contributed by atoms with Crippen LogP contribution in [0.1, 0.15) is 29.6 Å². The Balaban J connectivity index is 2.09. The van der Waals surface area contributed by atoms with Crippen molar-refractivity contribution in [3.05, 3.63) is 33.9 Å². The maximum Gasteiger partial charge on any atom is 0.293 e. The van der Waals surface area contributed by atoms with Crippen molar-refractivity contribution < 1.29 is 9.72 Å². The van der Waals surface area contributed by atoms with Crippen molar-refractivity contribution >= 4 is 29.0 Å². The number of hydrogen-bond acceptors (Lipinski definition) is 5. The van der Waals surface area contributed by atoms with E-state index in [-0.39, 0.29) is 11.3 Å². The lowest BCUT2D eigenvalue weighted by molar-refractivity contribution is -0.384. The molecule has 1 amide bonds. The molecule has 0 spiro atoms. The van der Waals surface area contributed by atoms with Gasteiger partial charge in [0.15, 0.2) is 0 Å². The lowest BCUT2D eigenvalue weighted by Gasteiger charge is -2.21. The third kappa shape index (κ3) is 3.63.